The van der Waals surface area contributed by atoms with Crippen molar-refractivity contribution in [1.82, 2.24) is 10.2 Å². The topological polar surface area (TPSA) is 69.6 Å². The first-order chi connectivity index (χ1) is 9.82. The summed E-state index contributed by atoms with van der Waals surface area (Å²) in [6.07, 6.45) is 0. The summed E-state index contributed by atoms with van der Waals surface area (Å²) in [6, 6.07) is 4.11. The summed E-state index contributed by atoms with van der Waals surface area (Å²) in [7, 11) is 0. The molecular formula is C14H18BrFN2O3. The third kappa shape index (κ3) is 5.43. The smallest absolute Gasteiger partial charge is 0.320 e. The minimum absolute atomic E-state index is 0.151. The van der Waals surface area contributed by atoms with Crippen molar-refractivity contribution < 1.29 is 19.1 Å². The second-order valence-corrected chi connectivity index (χ2v) is 5.53. The molecule has 0 spiro atoms. The van der Waals surface area contributed by atoms with Gasteiger partial charge in [-0.3, -0.25) is 14.5 Å². The van der Waals surface area contributed by atoms with E-state index in [1.54, 1.807) is 23.1 Å². The Bertz CT molecular complexity index is 525. The number of amides is 1. The third-order valence-electron chi connectivity index (χ3n) is 3.08. The Kier molecular flexibility index (Phi) is 6.77. The molecule has 0 aliphatic rings. The maximum Gasteiger partial charge on any atom is 0.320 e. The van der Waals surface area contributed by atoms with Gasteiger partial charge in [-0.1, -0.05) is 12.1 Å². The van der Waals surface area contributed by atoms with Crippen molar-refractivity contribution in [3.63, 3.8) is 0 Å². The van der Waals surface area contributed by atoms with E-state index in [2.05, 4.69) is 21.2 Å². The second kappa shape index (κ2) is 8.09. The van der Waals surface area contributed by atoms with Gasteiger partial charge in [0.1, 0.15) is 11.9 Å². The van der Waals surface area contributed by atoms with Gasteiger partial charge in [-0.15, -0.1) is 0 Å². The van der Waals surface area contributed by atoms with Crippen LogP contribution in [0.4, 0.5) is 4.39 Å². The molecule has 116 valence electrons. The number of carboxylic acids is 1. The van der Waals surface area contributed by atoms with Crippen LogP contribution in [0.1, 0.15) is 19.4 Å². The molecule has 2 N–H and O–H groups in total. The standard InChI is InChI=1S/C14H18BrFN2O3/c1-9(14(20)21)18(7-6-17-10(2)19)8-11-4-3-5-12(15)13(11)16/h3-5,9H,6-8H2,1-2H3,(H,17,19)(H,20,21). The van der Waals surface area contributed by atoms with Crippen LogP contribution in [-0.4, -0.2) is 41.0 Å². The summed E-state index contributed by atoms with van der Waals surface area (Å²) in [5, 5.41) is 11.7. The lowest BCUT2D eigenvalue weighted by Gasteiger charge is -2.26. The van der Waals surface area contributed by atoms with E-state index in [9.17, 15) is 14.0 Å². The first-order valence-corrected chi connectivity index (χ1v) is 7.26. The molecule has 1 unspecified atom stereocenters. The molecular weight excluding hydrogens is 343 g/mol. The Balaban J connectivity index is 2.83. The number of carbonyl (C=O) groups excluding carboxylic acids is 1. The molecule has 0 saturated carbocycles. The summed E-state index contributed by atoms with van der Waals surface area (Å²) in [6.45, 7) is 3.70. The molecule has 0 aromatic heterocycles. The van der Waals surface area contributed by atoms with Crippen molar-refractivity contribution in [2.24, 2.45) is 0 Å². The van der Waals surface area contributed by atoms with E-state index in [4.69, 9.17) is 5.11 Å². The average molecular weight is 361 g/mol. The molecule has 0 fully saturated rings. The van der Waals surface area contributed by atoms with Gasteiger partial charge in [0.2, 0.25) is 5.91 Å². The van der Waals surface area contributed by atoms with E-state index in [1.807, 2.05) is 0 Å². The van der Waals surface area contributed by atoms with Gasteiger partial charge in [0, 0.05) is 32.1 Å². The Hall–Kier alpha value is -1.47. The Morgan fingerprint density at radius 1 is 1.48 bits per heavy atom. The van der Waals surface area contributed by atoms with Crippen LogP contribution in [0.15, 0.2) is 22.7 Å². The van der Waals surface area contributed by atoms with Gasteiger partial charge in [0.25, 0.3) is 0 Å². The Labute approximate surface area is 131 Å². The molecule has 0 radical (unpaired) electrons. The van der Waals surface area contributed by atoms with E-state index in [0.717, 1.165) is 0 Å². The Morgan fingerprint density at radius 3 is 2.71 bits per heavy atom. The second-order valence-electron chi connectivity index (χ2n) is 4.68. The van der Waals surface area contributed by atoms with E-state index in [1.165, 1.54) is 13.8 Å². The molecule has 1 atom stereocenters. The first-order valence-electron chi connectivity index (χ1n) is 6.47. The molecule has 1 rings (SSSR count). The quantitative estimate of drug-likeness (QED) is 0.780. The lowest BCUT2D eigenvalue weighted by Crippen LogP contribution is -2.42. The minimum atomic E-state index is -0.992. The number of rotatable bonds is 7. The van der Waals surface area contributed by atoms with Gasteiger partial charge in [-0.2, -0.15) is 0 Å². The highest BCUT2D eigenvalue weighted by Gasteiger charge is 2.22. The number of carboxylic acid groups (broad SMARTS) is 1. The summed E-state index contributed by atoms with van der Waals surface area (Å²) in [5.41, 5.74) is 0.403. The monoisotopic (exact) mass is 360 g/mol. The van der Waals surface area contributed by atoms with Crippen LogP contribution in [0.25, 0.3) is 0 Å². The molecule has 0 aliphatic heterocycles. The number of carbonyl (C=O) groups is 2. The SMILES string of the molecule is CC(=O)NCCN(Cc1cccc(Br)c1F)C(C)C(=O)O. The normalized spacial score (nSPS) is 12.2. The number of aliphatic carboxylic acids is 1. The van der Waals surface area contributed by atoms with Crippen molar-refractivity contribution in [1.29, 1.82) is 0 Å². The number of hydrogen-bond donors (Lipinski definition) is 2. The average Bonchev–Trinajstić information content (AvgIpc) is 2.41. The Morgan fingerprint density at radius 2 is 2.14 bits per heavy atom. The van der Waals surface area contributed by atoms with Crippen LogP contribution >= 0.6 is 15.9 Å². The number of hydrogen-bond acceptors (Lipinski definition) is 3. The van der Waals surface area contributed by atoms with Gasteiger partial charge in [-0.05, 0) is 28.9 Å². The van der Waals surface area contributed by atoms with E-state index in [0.29, 0.717) is 23.1 Å². The van der Waals surface area contributed by atoms with Crippen LogP contribution in [0.3, 0.4) is 0 Å². The zero-order valence-electron chi connectivity index (χ0n) is 11.9. The molecule has 0 heterocycles. The van der Waals surface area contributed by atoms with E-state index in [-0.39, 0.29) is 12.5 Å². The van der Waals surface area contributed by atoms with Crippen LogP contribution in [-0.2, 0) is 16.1 Å². The van der Waals surface area contributed by atoms with Crippen molar-refractivity contribution in [3.8, 4) is 0 Å². The molecule has 0 saturated heterocycles. The van der Waals surface area contributed by atoms with Crippen molar-refractivity contribution in [2.75, 3.05) is 13.1 Å². The van der Waals surface area contributed by atoms with Crippen LogP contribution in [0.2, 0.25) is 0 Å². The zero-order chi connectivity index (χ0) is 16.0. The molecule has 5 nitrogen and oxygen atoms in total. The lowest BCUT2D eigenvalue weighted by atomic mass is 10.1. The van der Waals surface area contributed by atoms with Crippen LogP contribution in [0, 0.1) is 5.82 Å². The van der Waals surface area contributed by atoms with Crippen LogP contribution in [0.5, 0.6) is 0 Å². The van der Waals surface area contributed by atoms with Gasteiger partial charge >= 0.3 is 5.97 Å². The van der Waals surface area contributed by atoms with Gasteiger partial charge in [-0.25, -0.2) is 4.39 Å². The van der Waals surface area contributed by atoms with Crippen molar-refractivity contribution >= 4 is 27.8 Å². The predicted molar refractivity (Wildman–Crippen MR) is 80.3 cm³/mol. The summed E-state index contributed by atoms with van der Waals surface area (Å²) < 4.78 is 14.3. The fraction of sp³-hybridized carbons (Fsp3) is 0.429. The van der Waals surface area contributed by atoms with Gasteiger partial charge in [0.05, 0.1) is 4.47 Å². The van der Waals surface area contributed by atoms with Crippen molar-refractivity contribution in [3.05, 3.63) is 34.1 Å². The van der Waals surface area contributed by atoms with E-state index >= 15 is 0 Å². The third-order valence-corrected chi connectivity index (χ3v) is 3.70. The molecule has 21 heavy (non-hydrogen) atoms. The highest BCUT2D eigenvalue weighted by Crippen LogP contribution is 2.20. The highest BCUT2D eigenvalue weighted by atomic mass is 79.9. The molecule has 0 aliphatic carbocycles. The minimum Gasteiger partial charge on any atom is -0.480 e. The summed E-state index contributed by atoms with van der Waals surface area (Å²) >= 11 is 3.11. The lowest BCUT2D eigenvalue weighted by molar-refractivity contribution is -0.142. The van der Waals surface area contributed by atoms with Crippen molar-refractivity contribution in [2.45, 2.75) is 26.4 Å². The van der Waals surface area contributed by atoms with Crippen LogP contribution < -0.4 is 5.32 Å². The first kappa shape index (κ1) is 17.6. The maximum absolute atomic E-state index is 14.0. The molecule has 7 heteroatoms. The maximum atomic E-state index is 14.0. The highest BCUT2D eigenvalue weighted by molar-refractivity contribution is 9.10. The van der Waals surface area contributed by atoms with Gasteiger partial charge in [0.15, 0.2) is 0 Å². The summed E-state index contributed by atoms with van der Waals surface area (Å²) in [4.78, 5) is 23.6. The molecule has 0 bridgehead atoms. The van der Waals surface area contributed by atoms with Gasteiger partial charge < -0.3 is 10.4 Å². The number of halogens is 2. The summed E-state index contributed by atoms with van der Waals surface area (Å²) in [5.74, 6) is -1.58. The molecule has 1 aromatic rings. The fourth-order valence-corrected chi connectivity index (χ4v) is 2.24. The molecule has 1 amide bonds. The zero-order valence-corrected chi connectivity index (χ0v) is 13.5. The number of nitrogens with zero attached hydrogens (tertiary/aromatic N) is 1. The number of benzene rings is 1. The largest absolute Gasteiger partial charge is 0.480 e. The fourth-order valence-electron chi connectivity index (χ4n) is 1.83. The predicted octanol–water partition coefficient (Wildman–Crippen LogP) is 2.00. The van der Waals surface area contributed by atoms with E-state index < -0.39 is 17.8 Å². The molecule has 1 aromatic carbocycles. The number of nitrogens with one attached hydrogen (secondary N) is 1.